The fourth-order valence-electron chi connectivity index (χ4n) is 3.05. The molecule has 2 aliphatic heterocycles. The van der Waals surface area contributed by atoms with Gasteiger partial charge < -0.3 is 15.3 Å². The highest BCUT2D eigenvalue weighted by molar-refractivity contribution is 4.82. The van der Waals surface area contributed by atoms with Crippen molar-refractivity contribution < 1.29 is 5.11 Å². The number of aliphatic hydroxyl groups excluding tert-OH is 1. The first-order valence-corrected chi connectivity index (χ1v) is 6.87. The van der Waals surface area contributed by atoms with Gasteiger partial charge in [0, 0.05) is 25.2 Å². The summed E-state index contributed by atoms with van der Waals surface area (Å²) in [5, 5.41) is 12.8. The number of likely N-dealkylation sites (tertiary alicyclic amines) is 1. The van der Waals surface area contributed by atoms with Crippen molar-refractivity contribution >= 4 is 0 Å². The molecule has 2 heterocycles. The van der Waals surface area contributed by atoms with Crippen LogP contribution in [0.4, 0.5) is 0 Å². The van der Waals surface area contributed by atoms with Crippen LogP contribution in [0.25, 0.3) is 0 Å². The highest BCUT2D eigenvalue weighted by Gasteiger charge is 2.23. The van der Waals surface area contributed by atoms with Crippen LogP contribution in [0.15, 0.2) is 0 Å². The van der Waals surface area contributed by atoms with Gasteiger partial charge >= 0.3 is 0 Å². The van der Waals surface area contributed by atoms with Crippen LogP contribution in [0.3, 0.4) is 0 Å². The number of hydrogen-bond donors (Lipinski definition) is 2. The monoisotopic (exact) mass is 226 g/mol. The van der Waals surface area contributed by atoms with E-state index in [1.54, 1.807) is 0 Å². The lowest BCUT2D eigenvalue weighted by molar-refractivity contribution is 0.117. The Bertz CT molecular complexity index is 202. The molecule has 2 atom stereocenters. The predicted octanol–water partition coefficient (Wildman–Crippen LogP) is 1.22. The summed E-state index contributed by atoms with van der Waals surface area (Å²) in [6, 6.07) is 1.41. The van der Waals surface area contributed by atoms with E-state index in [-0.39, 0.29) is 0 Å². The molecule has 0 aromatic rings. The smallest absolute Gasteiger partial charge is 0.0460 e. The number of piperidine rings is 2. The molecule has 3 nitrogen and oxygen atoms in total. The number of nitrogens with one attached hydrogen (secondary N) is 1. The van der Waals surface area contributed by atoms with Crippen molar-refractivity contribution in [3.63, 3.8) is 0 Å². The summed E-state index contributed by atoms with van der Waals surface area (Å²) in [6.07, 6.45) is 6.41. The summed E-state index contributed by atoms with van der Waals surface area (Å²) in [4.78, 5) is 2.57. The van der Waals surface area contributed by atoms with Crippen molar-refractivity contribution in [2.24, 2.45) is 5.92 Å². The standard InChI is InChI=1S/C13H26N2O/c1-11-3-2-4-13(14-11)9-15-7-5-12(10-16)6-8-15/h11-14,16H,2-10H2,1H3. The lowest BCUT2D eigenvalue weighted by Crippen LogP contribution is -2.49. The lowest BCUT2D eigenvalue weighted by atomic mass is 9.95. The molecule has 94 valence electrons. The number of hydrogen-bond acceptors (Lipinski definition) is 3. The quantitative estimate of drug-likeness (QED) is 0.759. The fraction of sp³-hybridized carbons (Fsp3) is 1.00. The maximum absolute atomic E-state index is 9.10. The second-order valence-electron chi connectivity index (χ2n) is 5.62. The van der Waals surface area contributed by atoms with E-state index >= 15 is 0 Å². The average Bonchev–Trinajstić information content (AvgIpc) is 2.30. The van der Waals surface area contributed by atoms with Gasteiger partial charge in [0.25, 0.3) is 0 Å². The third-order valence-electron chi connectivity index (χ3n) is 4.15. The summed E-state index contributed by atoms with van der Waals surface area (Å²) >= 11 is 0. The Kier molecular flexibility index (Phi) is 4.62. The Morgan fingerprint density at radius 3 is 2.56 bits per heavy atom. The minimum Gasteiger partial charge on any atom is -0.396 e. The molecule has 3 heteroatoms. The Morgan fingerprint density at radius 1 is 1.19 bits per heavy atom. The van der Waals surface area contributed by atoms with Crippen LogP contribution in [0.5, 0.6) is 0 Å². The highest BCUT2D eigenvalue weighted by Crippen LogP contribution is 2.19. The maximum atomic E-state index is 9.10. The molecule has 0 spiro atoms. The Labute approximate surface area is 99.2 Å². The van der Waals surface area contributed by atoms with E-state index in [1.165, 1.54) is 51.7 Å². The first-order valence-electron chi connectivity index (χ1n) is 6.87. The molecule has 0 saturated carbocycles. The van der Waals surface area contributed by atoms with Crippen molar-refractivity contribution in [1.29, 1.82) is 0 Å². The number of aliphatic hydroxyl groups is 1. The molecule has 0 bridgehead atoms. The van der Waals surface area contributed by atoms with Gasteiger partial charge in [-0.3, -0.25) is 0 Å². The van der Waals surface area contributed by atoms with E-state index in [1.807, 2.05) is 0 Å². The SMILES string of the molecule is CC1CCCC(CN2CCC(CO)CC2)N1. The maximum Gasteiger partial charge on any atom is 0.0460 e. The Morgan fingerprint density at radius 2 is 1.94 bits per heavy atom. The van der Waals surface area contributed by atoms with Gasteiger partial charge in [0.1, 0.15) is 0 Å². The fourth-order valence-corrected chi connectivity index (χ4v) is 3.05. The van der Waals surface area contributed by atoms with Crippen LogP contribution >= 0.6 is 0 Å². The van der Waals surface area contributed by atoms with Crippen molar-refractivity contribution in [2.45, 2.75) is 51.1 Å². The molecule has 2 unspecified atom stereocenters. The zero-order valence-corrected chi connectivity index (χ0v) is 10.5. The molecular formula is C13H26N2O. The molecule has 2 N–H and O–H groups in total. The predicted molar refractivity (Wildman–Crippen MR) is 66.5 cm³/mol. The summed E-state index contributed by atoms with van der Waals surface area (Å²) in [5.41, 5.74) is 0. The van der Waals surface area contributed by atoms with Gasteiger partial charge in [-0.1, -0.05) is 6.42 Å². The molecule has 2 saturated heterocycles. The van der Waals surface area contributed by atoms with Crippen LogP contribution in [0.2, 0.25) is 0 Å². The van der Waals surface area contributed by atoms with E-state index in [0.717, 1.165) is 0 Å². The van der Waals surface area contributed by atoms with Crippen LogP contribution in [-0.4, -0.2) is 48.3 Å². The largest absolute Gasteiger partial charge is 0.396 e. The first-order chi connectivity index (χ1) is 7.78. The van der Waals surface area contributed by atoms with Gasteiger partial charge in [0.05, 0.1) is 0 Å². The van der Waals surface area contributed by atoms with Crippen molar-refractivity contribution in [3.8, 4) is 0 Å². The van der Waals surface area contributed by atoms with Crippen LogP contribution in [0.1, 0.15) is 39.0 Å². The molecule has 0 aromatic heterocycles. The van der Waals surface area contributed by atoms with Crippen molar-refractivity contribution in [2.75, 3.05) is 26.2 Å². The van der Waals surface area contributed by atoms with E-state index in [9.17, 15) is 0 Å². The summed E-state index contributed by atoms with van der Waals surface area (Å²) in [5.74, 6) is 0.564. The van der Waals surface area contributed by atoms with E-state index in [0.29, 0.717) is 24.6 Å². The van der Waals surface area contributed by atoms with E-state index in [4.69, 9.17) is 5.11 Å². The molecule has 0 aromatic carbocycles. The Balaban J connectivity index is 1.69. The summed E-state index contributed by atoms with van der Waals surface area (Å²) in [6.45, 7) is 6.24. The van der Waals surface area contributed by atoms with Crippen molar-refractivity contribution in [1.82, 2.24) is 10.2 Å². The van der Waals surface area contributed by atoms with Gasteiger partial charge in [-0.25, -0.2) is 0 Å². The Hall–Kier alpha value is -0.120. The third-order valence-corrected chi connectivity index (χ3v) is 4.15. The normalized spacial score (nSPS) is 34.1. The molecule has 0 amide bonds. The van der Waals surface area contributed by atoms with Gasteiger partial charge in [0.15, 0.2) is 0 Å². The third kappa shape index (κ3) is 3.44. The van der Waals surface area contributed by atoms with E-state index in [2.05, 4.69) is 17.1 Å². The second kappa shape index (κ2) is 5.99. The van der Waals surface area contributed by atoms with Crippen LogP contribution in [-0.2, 0) is 0 Å². The molecule has 16 heavy (non-hydrogen) atoms. The molecule has 2 aliphatic rings. The van der Waals surface area contributed by atoms with Gasteiger partial charge in [-0.2, -0.15) is 0 Å². The second-order valence-corrected chi connectivity index (χ2v) is 5.62. The van der Waals surface area contributed by atoms with Crippen LogP contribution < -0.4 is 5.32 Å². The number of rotatable bonds is 3. The highest BCUT2D eigenvalue weighted by atomic mass is 16.3. The van der Waals surface area contributed by atoms with Gasteiger partial charge in [-0.15, -0.1) is 0 Å². The average molecular weight is 226 g/mol. The van der Waals surface area contributed by atoms with Crippen molar-refractivity contribution in [3.05, 3.63) is 0 Å². The number of nitrogens with zero attached hydrogens (tertiary/aromatic N) is 1. The zero-order chi connectivity index (χ0) is 11.4. The molecule has 2 rings (SSSR count). The topological polar surface area (TPSA) is 35.5 Å². The van der Waals surface area contributed by atoms with Gasteiger partial charge in [-0.05, 0) is 51.6 Å². The lowest BCUT2D eigenvalue weighted by Gasteiger charge is -2.36. The minimum atomic E-state index is 0.382. The molecule has 2 fully saturated rings. The molecule has 0 aliphatic carbocycles. The van der Waals surface area contributed by atoms with Crippen LogP contribution in [0, 0.1) is 5.92 Å². The molecular weight excluding hydrogens is 200 g/mol. The zero-order valence-electron chi connectivity index (χ0n) is 10.5. The summed E-state index contributed by atoms with van der Waals surface area (Å²) in [7, 11) is 0. The molecule has 0 radical (unpaired) electrons. The first kappa shape index (κ1) is 12.3. The summed E-state index contributed by atoms with van der Waals surface area (Å²) < 4.78 is 0. The minimum absolute atomic E-state index is 0.382. The van der Waals surface area contributed by atoms with Gasteiger partial charge in [0.2, 0.25) is 0 Å². The van der Waals surface area contributed by atoms with E-state index < -0.39 is 0 Å².